The molecule has 1 saturated carbocycles. The Kier molecular flexibility index (Phi) is 4.83. The van der Waals surface area contributed by atoms with Crippen molar-refractivity contribution in [3.63, 3.8) is 0 Å². The Labute approximate surface area is 196 Å². The molecule has 9 heteroatoms. The highest BCUT2D eigenvalue weighted by molar-refractivity contribution is 5.93. The van der Waals surface area contributed by atoms with E-state index in [9.17, 15) is 4.79 Å². The number of rotatable bonds is 5. The standard InChI is InChI=1S/C25H23N7O2/c26-24-28-14-18(15-29-24)16-3-6-19(7-4-16)25(9-1-10-25)23-30-21(34-31-23)17-5-8-20(27-13-17)22(33)32-11-2-12-32/h3-8,13-15H,1-2,9-12H2,(H2,26,28,29). The third kappa shape index (κ3) is 3.40. The molecule has 6 rings (SSSR count). The molecule has 4 heterocycles. The number of nitrogens with zero attached hydrogens (tertiary/aromatic N) is 6. The number of hydrogen-bond acceptors (Lipinski definition) is 8. The number of nitrogen functional groups attached to an aromatic ring is 1. The van der Waals surface area contributed by atoms with Gasteiger partial charge in [-0.3, -0.25) is 9.78 Å². The summed E-state index contributed by atoms with van der Waals surface area (Å²) < 4.78 is 5.61. The van der Waals surface area contributed by atoms with E-state index in [2.05, 4.69) is 44.4 Å². The Morgan fingerprint density at radius 3 is 2.18 bits per heavy atom. The molecule has 1 aliphatic carbocycles. The maximum atomic E-state index is 12.3. The van der Waals surface area contributed by atoms with E-state index in [0.29, 0.717) is 23.0 Å². The van der Waals surface area contributed by atoms with Gasteiger partial charge in [0.15, 0.2) is 5.82 Å². The van der Waals surface area contributed by atoms with Crippen LogP contribution in [-0.2, 0) is 5.41 Å². The molecular formula is C25H23N7O2. The molecule has 34 heavy (non-hydrogen) atoms. The van der Waals surface area contributed by atoms with Gasteiger partial charge in [-0.1, -0.05) is 35.8 Å². The second-order valence-corrected chi connectivity index (χ2v) is 8.84. The fraction of sp³-hybridized carbons (Fsp3) is 0.280. The molecule has 1 aromatic carbocycles. The Morgan fingerprint density at radius 1 is 0.882 bits per heavy atom. The zero-order valence-electron chi connectivity index (χ0n) is 18.5. The van der Waals surface area contributed by atoms with E-state index in [0.717, 1.165) is 55.5 Å². The fourth-order valence-electron chi connectivity index (χ4n) is 4.50. The number of carbonyl (C=O) groups excluding carboxylic acids is 1. The molecule has 3 aromatic heterocycles. The van der Waals surface area contributed by atoms with Crippen molar-refractivity contribution in [3.8, 4) is 22.6 Å². The summed E-state index contributed by atoms with van der Waals surface area (Å²) in [6.45, 7) is 1.60. The molecule has 0 bridgehead atoms. The molecule has 4 aromatic rings. The molecule has 0 unspecified atom stereocenters. The average Bonchev–Trinajstić information content (AvgIpc) is 3.29. The molecule has 170 valence electrons. The largest absolute Gasteiger partial charge is 0.368 e. The van der Waals surface area contributed by atoms with Crippen LogP contribution in [0.15, 0.2) is 59.5 Å². The molecule has 1 amide bonds. The number of likely N-dealkylation sites (tertiary alicyclic amines) is 1. The van der Waals surface area contributed by atoms with Crippen LogP contribution >= 0.6 is 0 Å². The van der Waals surface area contributed by atoms with Crippen molar-refractivity contribution in [2.24, 2.45) is 0 Å². The summed E-state index contributed by atoms with van der Waals surface area (Å²) >= 11 is 0. The topological polar surface area (TPSA) is 124 Å². The summed E-state index contributed by atoms with van der Waals surface area (Å²) in [6.07, 6.45) is 9.13. The highest BCUT2D eigenvalue weighted by atomic mass is 16.5. The maximum Gasteiger partial charge on any atom is 0.272 e. The first-order valence-corrected chi connectivity index (χ1v) is 11.4. The summed E-state index contributed by atoms with van der Waals surface area (Å²) in [5.74, 6) is 1.31. The molecule has 1 aliphatic heterocycles. The Balaban J connectivity index is 1.24. The van der Waals surface area contributed by atoms with Gasteiger partial charge in [-0.25, -0.2) is 9.97 Å². The number of benzene rings is 1. The third-order valence-electron chi connectivity index (χ3n) is 6.88. The van der Waals surface area contributed by atoms with Crippen LogP contribution in [0.3, 0.4) is 0 Å². The third-order valence-corrected chi connectivity index (χ3v) is 6.88. The predicted octanol–water partition coefficient (Wildman–Crippen LogP) is 3.49. The lowest BCUT2D eigenvalue weighted by Crippen LogP contribution is -2.42. The van der Waals surface area contributed by atoms with Crippen LogP contribution in [0.5, 0.6) is 0 Å². The number of anilines is 1. The van der Waals surface area contributed by atoms with Crippen LogP contribution in [0.4, 0.5) is 5.95 Å². The molecule has 2 N–H and O–H groups in total. The quantitative estimate of drug-likeness (QED) is 0.487. The summed E-state index contributed by atoms with van der Waals surface area (Å²) in [7, 11) is 0. The van der Waals surface area contributed by atoms with Crippen LogP contribution in [0.2, 0.25) is 0 Å². The molecule has 2 aliphatic rings. The molecule has 0 spiro atoms. The van der Waals surface area contributed by atoms with Gasteiger partial charge in [0.2, 0.25) is 5.95 Å². The molecular weight excluding hydrogens is 430 g/mol. The number of amides is 1. The zero-order chi connectivity index (χ0) is 23.1. The van der Waals surface area contributed by atoms with Crippen molar-refractivity contribution in [2.45, 2.75) is 31.1 Å². The Hall–Kier alpha value is -4.14. The van der Waals surface area contributed by atoms with Crippen LogP contribution in [-0.4, -0.2) is 49.0 Å². The van der Waals surface area contributed by atoms with E-state index in [4.69, 9.17) is 15.2 Å². The summed E-state index contributed by atoms with van der Waals surface area (Å²) in [6, 6.07) is 11.9. The lowest BCUT2D eigenvalue weighted by Gasteiger charge is -2.39. The lowest BCUT2D eigenvalue weighted by atomic mass is 9.64. The molecule has 0 radical (unpaired) electrons. The van der Waals surface area contributed by atoms with E-state index < -0.39 is 0 Å². The van der Waals surface area contributed by atoms with Crippen LogP contribution < -0.4 is 5.73 Å². The Bertz CT molecular complexity index is 1320. The number of pyridine rings is 1. The average molecular weight is 454 g/mol. The molecule has 2 fully saturated rings. The highest BCUT2D eigenvalue weighted by Crippen LogP contribution is 2.48. The predicted molar refractivity (Wildman–Crippen MR) is 125 cm³/mol. The van der Waals surface area contributed by atoms with Crippen molar-refractivity contribution in [1.82, 2.24) is 30.0 Å². The van der Waals surface area contributed by atoms with Crippen molar-refractivity contribution >= 4 is 11.9 Å². The normalized spacial score (nSPS) is 16.5. The van der Waals surface area contributed by atoms with Crippen molar-refractivity contribution in [3.05, 3.63) is 72.1 Å². The highest BCUT2D eigenvalue weighted by Gasteiger charge is 2.44. The van der Waals surface area contributed by atoms with E-state index in [1.165, 1.54) is 0 Å². The minimum atomic E-state index is -0.265. The second kappa shape index (κ2) is 8.02. The smallest absolute Gasteiger partial charge is 0.272 e. The first-order chi connectivity index (χ1) is 16.6. The first kappa shape index (κ1) is 20.5. The Morgan fingerprint density at radius 2 is 1.59 bits per heavy atom. The second-order valence-electron chi connectivity index (χ2n) is 8.84. The molecule has 1 saturated heterocycles. The monoisotopic (exact) mass is 453 g/mol. The number of aromatic nitrogens is 5. The summed E-state index contributed by atoms with van der Waals surface area (Å²) in [5, 5.41) is 4.34. The lowest BCUT2D eigenvalue weighted by molar-refractivity contribution is 0.0645. The van der Waals surface area contributed by atoms with Gasteiger partial charge in [0.25, 0.3) is 11.8 Å². The minimum absolute atomic E-state index is 0.0357. The van der Waals surface area contributed by atoms with E-state index in [1.54, 1.807) is 29.6 Å². The number of hydrogen-bond donors (Lipinski definition) is 1. The minimum Gasteiger partial charge on any atom is -0.368 e. The van der Waals surface area contributed by atoms with Gasteiger partial charge in [-0.15, -0.1) is 0 Å². The van der Waals surface area contributed by atoms with Crippen LogP contribution in [0.25, 0.3) is 22.6 Å². The number of carbonyl (C=O) groups is 1. The SMILES string of the molecule is Nc1ncc(-c2ccc(C3(c4noc(-c5ccc(C(=O)N6CCC6)nc5)n4)CCC3)cc2)cn1. The van der Waals surface area contributed by atoms with Crippen molar-refractivity contribution in [1.29, 1.82) is 0 Å². The molecule has 0 atom stereocenters. The van der Waals surface area contributed by atoms with Gasteiger partial charge >= 0.3 is 0 Å². The van der Waals surface area contributed by atoms with Gasteiger partial charge in [0.05, 0.1) is 11.0 Å². The van der Waals surface area contributed by atoms with Crippen molar-refractivity contribution < 1.29 is 9.32 Å². The zero-order valence-corrected chi connectivity index (χ0v) is 18.5. The van der Waals surface area contributed by atoms with Gasteiger partial charge in [0.1, 0.15) is 5.69 Å². The summed E-state index contributed by atoms with van der Waals surface area (Å²) in [4.78, 5) is 31.3. The van der Waals surface area contributed by atoms with Gasteiger partial charge < -0.3 is 15.2 Å². The van der Waals surface area contributed by atoms with Gasteiger partial charge in [-0.2, -0.15) is 4.98 Å². The first-order valence-electron chi connectivity index (χ1n) is 11.4. The van der Waals surface area contributed by atoms with Crippen molar-refractivity contribution in [2.75, 3.05) is 18.8 Å². The van der Waals surface area contributed by atoms with Gasteiger partial charge in [0, 0.05) is 37.2 Å². The summed E-state index contributed by atoms with van der Waals surface area (Å²) in [5.41, 5.74) is 9.55. The van der Waals surface area contributed by atoms with Gasteiger partial charge in [-0.05, 0) is 42.5 Å². The van der Waals surface area contributed by atoms with E-state index in [-0.39, 0.29) is 17.3 Å². The van der Waals surface area contributed by atoms with Crippen LogP contribution in [0, 0.1) is 0 Å². The maximum absolute atomic E-state index is 12.3. The van der Waals surface area contributed by atoms with Crippen LogP contribution in [0.1, 0.15) is 47.6 Å². The molecule has 9 nitrogen and oxygen atoms in total. The number of nitrogens with two attached hydrogens (primary N) is 1. The van der Waals surface area contributed by atoms with E-state index in [1.807, 2.05) is 6.07 Å². The van der Waals surface area contributed by atoms with E-state index >= 15 is 0 Å². The fourth-order valence-corrected chi connectivity index (χ4v) is 4.50.